The molecule has 5 unspecified atom stereocenters. The number of aliphatic hydroxyl groups is 4. The Balaban J connectivity index is 2.63. The fraction of sp³-hybridized carbons (Fsp3) is 1.00. The third-order valence-electron chi connectivity index (χ3n) is 2.65. The van der Waals surface area contributed by atoms with Crippen LogP contribution in [0.1, 0.15) is 19.8 Å². The second-order valence-electron chi connectivity index (χ2n) is 3.68. The Morgan fingerprint density at radius 3 is 2.29 bits per heavy atom. The second-order valence-corrected chi connectivity index (χ2v) is 3.68. The van der Waals surface area contributed by atoms with Gasteiger partial charge in [-0.1, -0.05) is 13.3 Å². The van der Waals surface area contributed by atoms with Crippen molar-refractivity contribution in [3.05, 3.63) is 0 Å². The predicted molar refractivity (Wildman–Crippen MR) is 48.4 cm³/mol. The first-order valence-electron chi connectivity index (χ1n) is 4.92. The first-order valence-corrected chi connectivity index (χ1v) is 4.92. The minimum absolute atomic E-state index is 0.409. The van der Waals surface area contributed by atoms with Crippen LogP contribution in [0.2, 0.25) is 0 Å². The van der Waals surface area contributed by atoms with E-state index in [-0.39, 0.29) is 0 Å². The van der Waals surface area contributed by atoms with E-state index < -0.39 is 37.1 Å². The van der Waals surface area contributed by atoms with Crippen LogP contribution in [0, 0.1) is 5.92 Å². The summed E-state index contributed by atoms with van der Waals surface area (Å²) in [7, 11) is 0. The van der Waals surface area contributed by atoms with Gasteiger partial charge < -0.3 is 25.2 Å². The minimum atomic E-state index is -1.13. The van der Waals surface area contributed by atoms with E-state index in [2.05, 4.69) is 0 Å². The lowest BCUT2D eigenvalue weighted by molar-refractivity contribution is -0.270. The van der Waals surface area contributed by atoms with E-state index in [0.717, 1.165) is 6.42 Å². The van der Waals surface area contributed by atoms with Crippen molar-refractivity contribution in [3.63, 3.8) is 0 Å². The topological polar surface area (TPSA) is 90.2 Å². The number of ether oxygens (including phenoxy) is 1. The van der Waals surface area contributed by atoms with E-state index in [1.807, 2.05) is 6.92 Å². The molecule has 4 N–H and O–H groups in total. The molecule has 0 saturated carbocycles. The SMILES string of the molecule is CCCC1C(O)OC(CO)C(O)C1O. The van der Waals surface area contributed by atoms with Crippen LogP contribution in [0.25, 0.3) is 0 Å². The number of hydrogen-bond acceptors (Lipinski definition) is 5. The highest BCUT2D eigenvalue weighted by atomic mass is 16.6. The van der Waals surface area contributed by atoms with Crippen molar-refractivity contribution in [3.8, 4) is 0 Å². The van der Waals surface area contributed by atoms with Crippen LogP contribution in [0.4, 0.5) is 0 Å². The van der Waals surface area contributed by atoms with Crippen molar-refractivity contribution in [1.82, 2.24) is 0 Å². The van der Waals surface area contributed by atoms with E-state index in [0.29, 0.717) is 6.42 Å². The van der Waals surface area contributed by atoms with E-state index in [1.165, 1.54) is 0 Å². The molecule has 0 aromatic heterocycles. The van der Waals surface area contributed by atoms with Gasteiger partial charge in [0.05, 0.1) is 12.7 Å². The third-order valence-corrected chi connectivity index (χ3v) is 2.65. The van der Waals surface area contributed by atoms with Gasteiger partial charge in [-0.3, -0.25) is 0 Å². The molecule has 0 radical (unpaired) electrons. The Kier molecular flexibility index (Phi) is 4.28. The zero-order valence-electron chi connectivity index (χ0n) is 8.21. The van der Waals surface area contributed by atoms with Crippen LogP contribution in [-0.4, -0.2) is 51.6 Å². The van der Waals surface area contributed by atoms with Gasteiger partial charge in [0.2, 0.25) is 0 Å². The van der Waals surface area contributed by atoms with Gasteiger partial charge in [-0.25, -0.2) is 0 Å². The fourth-order valence-corrected chi connectivity index (χ4v) is 1.80. The van der Waals surface area contributed by atoms with Gasteiger partial charge in [-0.05, 0) is 6.42 Å². The van der Waals surface area contributed by atoms with Gasteiger partial charge in [0.15, 0.2) is 6.29 Å². The lowest BCUT2D eigenvalue weighted by atomic mass is 9.88. The molecule has 1 saturated heterocycles. The Labute approximate surface area is 82.9 Å². The molecule has 0 spiro atoms. The first-order chi connectivity index (χ1) is 6.61. The third kappa shape index (κ3) is 2.24. The molecule has 0 aromatic carbocycles. The molecule has 1 fully saturated rings. The molecule has 5 nitrogen and oxygen atoms in total. The molecule has 0 bridgehead atoms. The molecule has 84 valence electrons. The molecule has 0 aliphatic carbocycles. The first kappa shape index (κ1) is 11.9. The Morgan fingerprint density at radius 1 is 1.14 bits per heavy atom. The fourth-order valence-electron chi connectivity index (χ4n) is 1.80. The summed E-state index contributed by atoms with van der Waals surface area (Å²) in [6, 6.07) is 0. The molecule has 1 heterocycles. The molecule has 14 heavy (non-hydrogen) atoms. The monoisotopic (exact) mass is 206 g/mol. The minimum Gasteiger partial charge on any atom is -0.394 e. The molecule has 0 aromatic rings. The van der Waals surface area contributed by atoms with Crippen LogP contribution in [0.15, 0.2) is 0 Å². The summed E-state index contributed by atoms with van der Waals surface area (Å²) in [5, 5.41) is 37.4. The second kappa shape index (κ2) is 5.04. The number of aliphatic hydroxyl groups excluding tert-OH is 4. The summed E-state index contributed by atoms with van der Waals surface area (Å²) in [5.74, 6) is -0.474. The van der Waals surface area contributed by atoms with E-state index >= 15 is 0 Å². The summed E-state index contributed by atoms with van der Waals surface area (Å²) >= 11 is 0. The Hall–Kier alpha value is -0.200. The van der Waals surface area contributed by atoms with Crippen molar-refractivity contribution >= 4 is 0 Å². The van der Waals surface area contributed by atoms with Crippen molar-refractivity contribution in [2.24, 2.45) is 5.92 Å². The quantitative estimate of drug-likeness (QED) is 0.467. The highest BCUT2D eigenvalue weighted by Crippen LogP contribution is 2.27. The number of rotatable bonds is 3. The van der Waals surface area contributed by atoms with Crippen LogP contribution in [0.3, 0.4) is 0 Å². The van der Waals surface area contributed by atoms with Crippen LogP contribution >= 0.6 is 0 Å². The molecule has 1 aliphatic heterocycles. The standard InChI is InChI=1S/C9H18O5/c1-2-3-5-7(11)8(12)6(4-10)14-9(5)13/h5-13H,2-4H2,1H3. The average Bonchev–Trinajstić information content (AvgIpc) is 2.18. The van der Waals surface area contributed by atoms with Gasteiger partial charge in [0, 0.05) is 5.92 Å². The van der Waals surface area contributed by atoms with Gasteiger partial charge in [0.1, 0.15) is 12.2 Å². The summed E-state index contributed by atoms with van der Waals surface area (Å²) in [6.07, 6.45) is -2.79. The van der Waals surface area contributed by atoms with Crippen LogP contribution in [-0.2, 0) is 4.74 Å². The molecular weight excluding hydrogens is 188 g/mol. The molecule has 1 aliphatic rings. The summed E-state index contributed by atoms with van der Waals surface area (Å²) in [4.78, 5) is 0. The maximum Gasteiger partial charge on any atom is 0.160 e. The predicted octanol–water partition coefficient (Wildman–Crippen LogP) is -1.17. The van der Waals surface area contributed by atoms with Crippen molar-refractivity contribution < 1.29 is 25.2 Å². The average molecular weight is 206 g/mol. The van der Waals surface area contributed by atoms with E-state index in [4.69, 9.17) is 9.84 Å². The molecule has 5 heteroatoms. The molecule has 0 amide bonds. The van der Waals surface area contributed by atoms with Crippen molar-refractivity contribution in [1.29, 1.82) is 0 Å². The highest BCUT2D eigenvalue weighted by Gasteiger charge is 2.42. The highest BCUT2D eigenvalue weighted by molar-refractivity contribution is 4.87. The van der Waals surface area contributed by atoms with Gasteiger partial charge in [-0.15, -0.1) is 0 Å². The summed E-state index contributed by atoms with van der Waals surface area (Å²) < 4.78 is 4.98. The van der Waals surface area contributed by atoms with E-state index in [1.54, 1.807) is 0 Å². The maximum absolute atomic E-state index is 9.64. The largest absolute Gasteiger partial charge is 0.394 e. The van der Waals surface area contributed by atoms with Crippen LogP contribution < -0.4 is 0 Å². The number of hydrogen-bond donors (Lipinski definition) is 4. The zero-order chi connectivity index (χ0) is 10.7. The van der Waals surface area contributed by atoms with Gasteiger partial charge >= 0.3 is 0 Å². The lowest BCUT2D eigenvalue weighted by Crippen LogP contribution is -2.55. The normalized spacial score (nSPS) is 43.9. The zero-order valence-corrected chi connectivity index (χ0v) is 8.21. The van der Waals surface area contributed by atoms with Crippen LogP contribution in [0.5, 0.6) is 0 Å². The molecule has 1 rings (SSSR count). The lowest BCUT2D eigenvalue weighted by Gasteiger charge is -2.40. The molecule has 5 atom stereocenters. The van der Waals surface area contributed by atoms with E-state index in [9.17, 15) is 15.3 Å². The smallest absolute Gasteiger partial charge is 0.160 e. The Morgan fingerprint density at radius 2 is 1.79 bits per heavy atom. The van der Waals surface area contributed by atoms with Gasteiger partial charge in [0.25, 0.3) is 0 Å². The van der Waals surface area contributed by atoms with Crippen molar-refractivity contribution in [2.75, 3.05) is 6.61 Å². The summed E-state index contributed by atoms with van der Waals surface area (Å²) in [6.45, 7) is 1.51. The summed E-state index contributed by atoms with van der Waals surface area (Å²) in [5.41, 5.74) is 0. The maximum atomic E-state index is 9.64. The Bertz CT molecular complexity index is 175. The molecular formula is C9H18O5. The van der Waals surface area contributed by atoms with Gasteiger partial charge in [-0.2, -0.15) is 0 Å². The van der Waals surface area contributed by atoms with Crippen molar-refractivity contribution in [2.45, 2.75) is 44.4 Å².